The lowest BCUT2D eigenvalue weighted by Crippen LogP contribution is -2.62. The van der Waals surface area contributed by atoms with Crippen LogP contribution in [0.5, 0.6) is 5.75 Å². The molecule has 0 spiro atoms. The molecule has 1 aliphatic heterocycles. The van der Waals surface area contributed by atoms with Gasteiger partial charge < -0.3 is 19.7 Å². The van der Waals surface area contributed by atoms with Crippen molar-refractivity contribution in [3.63, 3.8) is 0 Å². The summed E-state index contributed by atoms with van der Waals surface area (Å²) in [7, 11) is 3.63. The second-order valence-electron chi connectivity index (χ2n) is 8.68. The minimum atomic E-state index is 0.0577. The summed E-state index contributed by atoms with van der Waals surface area (Å²) in [6.45, 7) is 9.12. The van der Waals surface area contributed by atoms with Crippen molar-refractivity contribution < 1.29 is 9.47 Å². The van der Waals surface area contributed by atoms with E-state index in [1.54, 1.807) is 19.4 Å². The fourth-order valence-corrected chi connectivity index (χ4v) is 4.13. The van der Waals surface area contributed by atoms with Crippen molar-refractivity contribution in [3.8, 4) is 17.0 Å². The monoisotopic (exact) mass is 384 g/mol. The van der Waals surface area contributed by atoms with E-state index in [1.807, 2.05) is 19.2 Å². The fourth-order valence-electron chi connectivity index (χ4n) is 4.13. The van der Waals surface area contributed by atoms with Crippen molar-refractivity contribution in [2.45, 2.75) is 57.7 Å². The van der Waals surface area contributed by atoms with Crippen LogP contribution in [0.15, 0.2) is 24.4 Å². The molecule has 151 valence electrons. The van der Waals surface area contributed by atoms with Crippen LogP contribution >= 0.6 is 0 Å². The highest BCUT2D eigenvalue weighted by atomic mass is 16.7. The molecule has 1 N–H and O–H groups in total. The molecule has 2 aromatic rings. The summed E-state index contributed by atoms with van der Waals surface area (Å²) in [4.78, 5) is 6.72. The molecule has 0 saturated carbocycles. The number of benzene rings is 1. The molecule has 0 amide bonds. The molecule has 1 aromatic heterocycles. The molecule has 28 heavy (non-hydrogen) atoms. The summed E-state index contributed by atoms with van der Waals surface area (Å²) in [6, 6.07) is 8.80. The summed E-state index contributed by atoms with van der Waals surface area (Å²) in [5.74, 6) is 1.27. The Morgan fingerprint density at radius 1 is 1.21 bits per heavy atom. The van der Waals surface area contributed by atoms with Crippen molar-refractivity contribution in [3.05, 3.63) is 30.5 Å². The maximum atomic E-state index is 5.59. The topological polar surface area (TPSA) is 72.4 Å². The molecule has 1 radical (unpaired) electrons. The highest BCUT2D eigenvalue weighted by Gasteiger charge is 2.39. The van der Waals surface area contributed by atoms with Crippen molar-refractivity contribution in [2.24, 2.45) is 0 Å². The Morgan fingerprint density at radius 2 is 1.93 bits per heavy atom. The molecule has 3 rings (SSSR count). The number of hydrogen-bond donors (Lipinski definition) is 1. The number of piperidine rings is 1. The first kappa shape index (κ1) is 20.5. The maximum Gasteiger partial charge on any atom is 0.245 e. The van der Waals surface area contributed by atoms with Crippen molar-refractivity contribution in [1.82, 2.24) is 20.5 Å². The third-order valence-electron chi connectivity index (χ3n) is 5.02. The van der Waals surface area contributed by atoms with Gasteiger partial charge in [-0.25, -0.2) is 4.98 Å². The molecule has 0 unspecified atom stereocenters. The fraction of sp³-hybridized carbons (Fsp3) is 0.571. The van der Waals surface area contributed by atoms with Crippen LogP contribution in [0, 0.1) is 6.07 Å². The molecular formula is C21H30N5O2. The third-order valence-corrected chi connectivity index (χ3v) is 5.02. The smallest absolute Gasteiger partial charge is 0.245 e. The second-order valence-corrected chi connectivity index (χ2v) is 8.68. The van der Waals surface area contributed by atoms with Gasteiger partial charge in [-0.05, 0) is 58.7 Å². The Balaban J connectivity index is 1.79. The van der Waals surface area contributed by atoms with Crippen LogP contribution in [0.25, 0.3) is 11.3 Å². The highest BCUT2D eigenvalue weighted by molar-refractivity contribution is 5.66. The number of nitrogens with one attached hydrogen (secondary N) is 1. The molecule has 7 nitrogen and oxygen atoms in total. The predicted octanol–water partition coefficient (Wildman–Crippen LogP) is 3.07. The van der Waals surface area contributed by atoms with Crippen molar-refractivity contribution in [1.29, 1.82) is 0 Å². The first-order valence-corrected chi connectivity index (χ1v) is 9.55. The highest BCUT2D eigenvalue weighted by Crippen LogP contribution is 2.32. The Kier molecular flexibility index (Phi) is 5.86. The van der Waals surface area contributed by atoms with Crippen LogP contribution in [0.2, 0.25) is 0 Å². The van der Waals surface area contributed by atoms with E-state index in [9.17, 15) is 0 Å². The maximum absolute atomic E-state index is 5.59. The van der Waals surface area contributed by atoms with E-state index in [0.29, 0.717) is 23.4 Å². The van der Waals surface area contributed by atoms with Gasteiger partial charge in [0.05, 0.1) is 6.20 Å². The Bertz CT molecular complexity index is 776. The van der Waals surface area contributed by atoms with E-state index >= 15 is 0 Å². The van der Waals surface area contributed by atoms with Gasteiger partial charge in [-0.15, -0.1) is 10.2 Å². The van der Waals surface area contributed by atoms with Crippen LogP contribution in [0.1, 0.15) is 40.5 Å². The Hall–Kier alpha value is -2.25. The molecule has 0 bridgehead atoms. The summed E-state index contributed by atoms with van der Waals surface area (Å²) in [6.07, 6.45) is 3.77. The van der Waals surface area contributed by atoms with Gasteiger partial charge in [-0.3, -0.25) is 0 Å². The summed E-state index contributed by atoms with van der Waals surface area (Å²) < 4.78 is 10.6. The minimum Gasteiger partial charge on any atom is -0.467 e. The van der Waals surface area contributed by atoms with Crippen LogP contribution in [0.3, 0.4) is 0 Å². The van der Waals surface area contributed by atoms with E-state index in [-0.39, 0.29) is 17.9 Å². The molecule has 1 saturated heterocycles. The quantitative estimate of drug-likeness (QED) is 0.767. The SMILES string of the molecule is COCOc1c[c]ccc1-c1cnc(N(C)C2CC(C)(C)NC(C)(C)C2)nn1. The average Bonchev–Trinajstić information content (AvgIpc) is 2.64. The number of rotatable bonds is 6. The lowest BCUT2D eigenvalue weighted by atomic mass is 9.79. The van der Waals surface area contributed by atoms with Gasteiger partial charge in [0.1, 0.15) is 11.4 Å². The lowest BCUT2D eigenvalue weighted by molar-refractivity contribution is 0.0515. The molecule has 0 aliphatic carbocycles. The van der Waals surface area contributed by atoms with E-state index in [0.717, 1.165) is 18.4 Å². The number of hydrogen-bond acceptors (Lipinski definition) is 7. The van der Waals surface area contributed by atoms with Crippen LogP contribution in [-0.4, -0.2) is 53.3 Å². The number of aromatic nitrogens is 3. The van der Waals surface area contributed by atoms with Crippen LogP contribution in [0.4, 0.5) is 5.95 Å². The number of nitrogens with zero attached hydrogens (tertiary/aromatic N) is 4. The largest absolute Gasteiger partial charge is 0.467 e. The Morgan fingerprint density at radius 3 is 2.54 bits per heavy atom. The molecule has 7 heteroatoms. The summed E-state index contributed by atoms with van der Waals surface area (Å²) >= 11 is 0. The summed E-state index contributed by atoms with van der Waals surface area (Å²) in [5.41, 5.74) is 1.59. The van der Waals surface area contributed by atoms with Crippen molar-refractivity contribution in [2.75, 3.05) is 25.9 Å². The number of ether oxygens (including phenoxy) is 2. The van der Waals surface area contributed by atoms with Gasteiger partial charge in [0.25, 0.3) is 0 Å². The van der Waals surface area contributed by atoms with Gasteiger partial charge in [-0.2, -0.15) is 0 Å². The molecule has 1 aromatic carbocycles. The Labute approximate surface area is 167 Å². The lowest BCUT2D eigenvalue weighted by Gasteiger charge is -2.48. The van der Waals surface area contributed by atoms with Gasteiger partial charge in [0.2, 0.25) is 5.95 Å². The van der Waals surface area contributed by atoms with Gasteiger partial charge in [0, 0.05) is 36.8 Å². The molecule has 1 aliphatic rings. The number of methoxy groups -OCH3 is 1. The van der Waals surface area contributed by atoms with Gasteiger partial charge in [-0.1, -0.05) is 6.07 Å². The molecule has 0 atom stereocenters. The van der Waals surface area contributed by atoms with Crippen LogP contribution < -0.4 is 15.0 Å². The van der Waals surface area contributed by atoms with Gasteiger partial charge in [0.15, 0.2) is 6.79 Å². The zero-order valence-electron chi connectivity index (χ0n) is 17.6. The summed E-state index contributed by atoms with van der Waals surface area (Å²) in [5, 5.41) is 12.5. The normalized spacial score (nSPS) is 18.6. The molecule has 1 fully saturated rings. The third kappa shape index (κ3) is 4.77. The predicted molar refractivity (Wildman–Crippen MR) is 109 cm³/mol. The zero-order chi connectivity index (χ0) is 20.4. The van der Waals surface area contributed by atoms with E-state index in [2.05, 4.69) is 59.2 Å². The first-order chi connectivity index (χ1) is 13.2. The minimum absolute atomic E-state index is 0.0577. The molecule has 2 heterocycles. The standard InChI is InChI=1S/C21H30N5O2/c1-20(2)11-15(12-21(3,4)25-20)26(5)19-22-13-17(23-24-19)16-9-7-8-10-18(16)28-14-27-6/h7,9-10,13,15,25H,11-12,14H2,1-6H3. The van der Waals surface area contributed by atoms with Gasteiger partial charge >= 0.3 is 0 Å². The van der Waals surface area contributed by atoms with Crippen molar-refractivity contribution >= 4 is 5.95 Å². The average molecular weight is 385 g/mol. The van der Waals surface area contributed by atoms with Crippen LogP contribution in [-0.2, 0) is 4.74 Å². The van der Waals surface area contributed by atoms with E-state index in [4.69, 9.17) is 9.47 Å². The molecular weight excluding hydrogens is 354 g/mol. The van der Waals surface area contributed by atoms with E-state index < -0.39 is 0 Å². The second kappa shape index (κ2) is 8.01. The zero-order valence-corrected chi connectivity index (χ0v) is 17.6. The van der Waals surface area contributed by atoms with E-state index in [1.165, 1.54) is 0 Å². The first-order valence-electron chi connectivity index (χ1n) is 9.55. The number of anilines is 1.